The quantitative estimate of drug-likeness (QED) is 0.812. The van der Waals surface area contributed by atoms with E-state index in [1.807, 2.05) is 0 Å². The van der Waals surface area contributed by atoms with E-state index in [9.17, 15) is 23.1 Å². The summed E-state index contributed by atoms with van der Waals surface area (Å²) in [7, 11) is -3.33. The zero-order valence-electron chi connectivity index (χ0n) is 12.2. The Bertz CT molecular complexity index is 665. The Morgan fingerprint density at radius 1 is 1.27 bits per heavy atom. The molecule has 0 aromatic carbocycles. The number of carbonyl (C=O) groups excluding carboxylic acids is 1. The normalized spacial score (nSPS) is 22.8. The molecule has 0 aliphatic heterocycles. The second-order valence-electron chi connectivity index (χ2n) is 5.59. The van der Waals surface area contributed by atoms with Crippen LogP contribution in [0.4, 0.5) is 0 Å². The first-order chi connectivity index (χ1) is 10.3. The van der Waals surface area contributed by atoms with Crippen LogP contribution in [0.1, 0.15) is 42.5 Å². The number of thiophene rings is 1. The Balaban J connectivity index is 2.12. The van der Waals surface area contributed by atoms with E-state index in [1.54, 1.807) is 0 Å². The number of sulfone groups is 1. The molecule has 1 aliphatic carbocycles. The van der Waals surface area contributed by atoms with Crippen molar-refractivity contribution >= 4 is 33.1 Å². The summed E-state index contributed by atoms with van der Waals surface area (Å²) in [5, 5.41) is 13.5. The Morgan fingerprint density at radius 3 is 2.55 bits per heavy atom. The van der Waals surface area contributed by atoms with Crippen molar-refractivity contribution in [3.63, 3.8) is 0 Å². The first-order valence-corrected chi connectivity index (χ1v) is 9.88. The predicted molar refractivity (Wildman–Crippen MR) is 82.9 cm³/mol. The van der Waals surface area contributed by atoms with Crippen LogP contribution in [0.2, 0.25) is 0 Å². The van der Waals surface area contributed by atoms with Crippen LogP contribution >= 0.6 is 11.3 Å². The van der Waals surface area contributed by atoms with Gasteiger partial charge in [-0.25, -0.2) is 8.42 Å². The lowest BCUT2D eigenvalue weighted by atomic mass is 9.94. The molecule has 6 nitrogen and oxygen atoms in total. The SMILES string of the molecule is CS(=O)(=O)c1cc(C(=O)N[C@H]2CCCCC[C@H]2C(=O)O)cs1. The van der Waals surface area contributed by atoms with E-state index in [4.69, 9.17) is 0 Å². The summed E-state index contributed by atoms with van der Waals surface area (Å²) in [5.41, 5.74) is 0.263. The van der Waals surface area contributed by atoms with E-state index in [2.05, 4.69) is 5.32 Å². The molecule has 2 N–H and O–H groups in total. The van der Waals surface area contributed by atoms with Crippen molar-refractivity contribution in [1.82, 2.24) is 5.32 Å². The molecule has 1 aromatic rings. The second kappa shape index (κ2) is 6.78. The smallest absolute Gasteiger partial charge is 0.308 e. The number of amides is 1. The molecule has 8 heteroatoms. The van der Waals surface area contributed by atoms with Crippen LogP contribution in [0.3, 0.4) is 0 Å². The Hall–Kier alpha value is -1.41. The van der Waals surface area contributed by atoms with Gasteiger partial charge in [-0.05, 0) is 18.9 Å². The first-order valence-electron chi connectivity index (χ1n) is 7.11. The minimum Gasteiger partial charge on any atom is -0.481 e. The minimum absolute atomic E-state index is 0.133. The highest BCUT2D eigenvalue weighted by atomic mass is 32.2. The number of nitrogens with one attached hydrogen (secondary N) is 1. The van der Waals surface area contributed by atoms with E-state index in [0.29, 0.717) is 12.8 Å². The summed E-state index contributed by atoms with van der Waals surface area (Å²) in [4.78, 5) is 23.6. The van der Waals surface area contributed by atoms with Crippen LogP contribution in [0.15, 0.2) is 15.7 Å². The molecule has 0 unspecified atom stereocenters. The molecule has 1 fully saturated rings. The minimum atomic E-state index is -3.33. The lowest BCUT2D eigenvalue weighted by Crippen LogP contribution is -2.42. The molecule has 122 valence electrons. The van der Waals surface area contributed by atoms with Crippen molar-refractivity contribution in [3.05, 3.63) is 17.0 Å². The van der Waals surface area contributed by atoms with Crippen LogP contribution in [-0.2, 0) is 14.6 Å². The van der Waals surface area contributed by atoms with Gasteiger partial charge in [0.25, 0.3) is 5.91 Å². The highest BCUT2D eigenvalue weighted by molar-refractivity contribution is 7.92. The maximum atomic E-state index is 12.2. The summed E-state index contributed by atoms with van der Waals surface area (Å²) >= 11 is 0.993. The summed E-state index contributed by atoms with van der Waals surface area (Å²) in [5.74, 6) is -1.89. The fourth-order valence-electron chi connectivity index (χ4n) is 2.66. The molecule has 2 rings (SSSR count). The Labute approximate surface area is 133 Å². The Morgan fingerprint density at radius 2 is 1.95 bits per heavy atom. The van der Waals surface area contributed by atoms with Gasteiger partial charge in [0.2, 0.25) is 0 Å². The van der Waals surface area contributed by atoms with E-state index in [0.717, 1.165) is 36.9 Å². The topological polar surface area (TPSA) is 101 Å². The van der Waals surface area contributed by atoms with Gasteiger partial charge in [-0.15, -0.1) is 11.3 Å². The number of carbonyl (C=O) groups is 2. The van der Waals surface area contributed by atoms with Gasteiger partial charge in [0.1, 0.15) is 4.21 Å². The highest BCUT2D eigenvalue weighted by Crippen LogP contribution is 2.25. The van der Waals surface area contributed by atoms with Crippen molar-refractivity contribution < 1.29 is 23.1 Å². The summed E-state index contributed by atoms with van der Waals surface area (Å²) in [6.07, 6.45) is 4.97. The number of aliphatic carboxylic acids is 1. The van der Waals surface area contributed by atoms with Crippen LogP contribution < -0.4 is 5.32 Å². The van der Waals surface area contributed by atoms with Gasteiger partial charge in [0, 0.05) is 17.7 Å². The average molecular weight is 345 g/mol. The Kier molecular flexibility index (Phi) is 5.23. The molecule has 1 aliphatic rings. The van der Waals surface area contributed by atoms with Crippen molar-refractivity contribution in [2.24, 2.45) is 5.92 Å². The zero-order valence-corrected chi connectivity index (χ0v) is 13.9. The molecule has 1 heterocycles. The van der Waals surface area contributed by atoms with Gasteiger partial charge in [-0.1, -0.05) is 19.3 Å². The van der Waals surface area contributed by atoms with Crippen LogP contribution in [-0.4, -0.2) is 37.7 Å². The number of rotatable bonds is 4. The number of carboxylic acids is 1. The van der Waals surface area contributed by atoms with Crippen LogP contribution in [0, 0.1) is 5.92 Å². The molecule has 1 saturated carbocycles. The van der Waals surface area contributed by atoms with Gasteiger partial charge in [0.15, 0.2) is 9.84 Å². The molecular weight excluding hydrogens is 326 g/mol. The molecule has 22 heavy (non-hydrogen) atoms. The van der Waals surface area contributed by atoms with E-state index in [1.165, 1.54) is 11.4 Å². The van der Waals surface area contributed by atoms with Gasteiger partial charge < -0.3 is 10.4 Å². The van der Waals surface area contributed by atoms with E-state index < -0.39 is 33.7 Å². The molecule has 1 aromatic heterocycles. The molecule has 0 bridgehead atoms. The first kappa shape index (κ1) is 17.0. The lowest BCUT2D eigenvalue weighted by molar-refractivity contribution is -0.142. The second-order valence-corrected chi connectivity index (χ2v) is 8.74. The van der Waals surface area contributed by atoms with E-state index >= 15 is 0 Å². The molecule has 2 atom stereocenters. The molecule has 0 spiro atoms. The fourth-order valence-corrected chi connectivity index (χ4v) is 4.46. The average Bonchev–Trinajstić information content (AvgIpc) is 2.81. The van der Waals surface area contributed by atoms with Crippen molar-refractivity contribution in [3.8, 4) is 0 Å². The third kappa shape index (κ3) is 4.07. The lowest BCUT2D eigenvalue weighted by Gasteiger charge is -2.22. The van der Waals surface area contributed by atoms with Gasteiger partial charge in [0.05, 0.1) is 11.5 Å². The van der Waals surface area contributed by atoms with E-state index in [-0.39, 0.29) is 9.77 Å². The molecular formula is C14H19NO5S2. The predicted octanol–water partition coefficient (Wildman–Crippen LogP) is 1.91. The highest BCUT2D eigenvalue weighted by Gasteiger charge is 2.31. The fraction of sp³-hybridized carbons (Fsp3) is 0.571. The third-order valence-electron chi connectivity index (χ3n) is 3.85. The number of hydrogen-bond donors (Lipinski definition) is 2. The third-order valence-corrected chi connectivity index (χ3v) is 6.62. The maximum absolute atomic E-state index is 12.2. The van der Waals surface area contributed by atoms with Gasteiger partial charge in [-0.3, -0.25) is 9.59 Å². The molecule has 1 amide bonds. The van der Waals surface area contributed by atoms with Gasteiger partial charge >= 0.3 is 5.97 Å². The maximum Gasteiger partial charge on any atom is 0.308 e. The van der Waals surface area contributed by atoms with Crippen molar-refractivity contribution in [1.29, 1.82) is 0 Å². The molecule has 0 radical (unpaired) electrons. The molecule has 0 saturated heterocycles. The largest absolute Gasteiger partial charge is 0.481 e. The van der Waals surface area contributed by atoms with Crippen molar-refractivity contribution in [2.75, 3.05) is 6.26 Å². The van der Waals surface area contributed by atoms with Crippen molar-refractivity contribution in [2.45, 2.75) is 42.4 Å². The zero-order chi connectivity index (χ0) is 16.3. The number of carboxylic acid groups (broad SMARTS) is 1. The standard InChI is InChI=1S/C14H19NO5S2/c1-22(19,20)12-7-9(8-21-12)13(16)15-11-6-4-2-3-5-10(11)14(17)18/h7-8,10-11H,2-6H2,1H3,(H,15,16)(H,17,18)/t10-,11+/m1/s1. The van der Waals surface area contributed by atoms with Crippen LogP contribution in [0.5, 0.6) is 0 Å². The monoisotopic (exact) mass is 345 g/mol. The summed E-state index contributed by atoms with van der Waals surface area (Å²) in [6, 6.07) is 0.927. The number of hydrogen-bond acceptors (Lipinski definition) is 5. The van der Waals surface area contributed by atoms with Crippen LogP contribution in [0.25, 0.3) is 0 Å². The summed E-state index contributed by atoms with van der Waals surface area (Å²) < 4.78 is 23.0. The van der Waals surface area contributed by atoms with Gasteiger partial charge in [-0.2, -0.15) is 0 Å². The summed E-state index contributed by atoms with van der Waals surface area (Å²) in [6.45, 7) is 0.